The van der Waals surface area contributed by atoms with Gasteiger partial charge < -0.3 is 14.2 Å². The predicted molar refractivity (Wildman–Crippen MR) is 76.7 cm³/mol. The molecule has 111 valence electrons. The second kappa shape index (κ2) is 7.03. The van der Waals surface area contributed by atoms with E-state index in [0.717, 1.165) is 0 Å². The summed E-state index contributed by atoms with van der Waals surface area (Å²) in [4.78, 5) is 11.8. The molecule has 0 saturated heterocycles. The van der Waals surface area contributed by atoms with E-state index in [1.807, 2.05) is 27.7 Å². The molecule has 20 heavy (non-hydrogen) atoms. The Hall–Kier alpha value is -1.91. The Labute approximate surface area is 120 Å². The Bertz CT molecular complexity index is 438. The van der Waals surface area contributed by atoms with Crippen molar-refractivity contribution in [3.8, 4) is 11.5 Å². The van der Waals surface area contributed by atoms with Crippen LogP contribution in [0, 0.1) is 0 Å². The van der Waals surface area contributed by atoms with Crippen molar-refractivity contribution in [1.82, 2.24) is 5.73 Å². The Morgan fingerprint density at radius 1 is 1.10 bits per heavy atom. The van der Waals surface area contributed by atoms with E-state index in [-0.39, 0.29) is 17.9 Å². The third-order valence-electron chi connectivity index (χ3n) is 2.30. The Morgan fingerprint density at radius 3 is 1.90 bits per heavy atom. The summed E-state index contributed by atoms with van der Waals surface area (Å²) in [6.45, 7) is 9.48. The SMILES string of the molecule is CCOC(=O)c1cc(OC(C)C)c([NH])c(OC(C)C)c1. The largest absolute Gasteiger partial charge is 0.489 e. The molecular formula is C15H22NO4. The molecule has 1 radical (unpaired) electrons. The molecule has 0 aliphatic rings. The Morgan fingerprint density at radius 2 is 1.55 bits per heavy atom. The molecular weight excluding hydrogens is 258 g/mol. The molecule has 0 bridgehead atoms. The van der Waals surface area contributed by atoms with Crippen molar-refractivity contribution in [2.24, 2.45) is 0 Å². The number of benzene rings is 1. The first-order valence-corrected chi connectivity index (χ1v) is 6.75. The van der Waals surface area contributed by atoms with Gasteiger partial charge in [-0.3, -0.25) is 5.73 Å². The minimum Gasteiger partial charge on any atom is -0.489 e. The summed E-state index contributed by atoms with van der Waals surface area (Å²) in [6, 6.07) is 3.04. The number of nitrogens with one attached hydrogen (secondary N) is 1. The van der Waals surface area contributed by atoms with Crippen molar-refractivity contribution in [2.75, 3.05) is 6.61 Å². The normalized spacial score (nSPS) is 10.8. The summed E-state index contributed by atoms with van der Waals surface area (Å²) in [5.41, 5.74) is 8.54. The highest BCUT2D eigenvalue weighted by Crippen LogP contribution is 2.36. The summed E-state index contributed by atoms with van der Waals surface area (Å²) in [5.74, 6) is 0.192. The van der Waals surface area contributed by atoms with E-state index >= 15 is 0 Å². The lowest BCUT2D eigenvalue weighted by Gasteiger charge is -2.17. The topological polar surface area (TPSA) is 68.6 Å². The zero-order chi connectivity index (χ0) is 15.3. The van der Waals surface area contributed by atoms with Crippen LogP contribution in [0.1, 0.15) is 45.0 Å². The molecule has 1 aromatic rings. The van der Waals surface area contributed by atoms with E-state index < -0.39 is 5.97 Å². The standard InChI is InChI=1S/C15H22NO4/c1-6-18-15(17)11-7-12(19-9(2)3)14(16)13(8-11)20-10(4)5/h7-10,16H,6H2,1-5H3. The minimum atomic E-state index is -0.449. The molecule has 0 amide bonds. The lowest BCUT2D eigenvalue weighted by molar-refractivity contribution is 0.0525. The van der Waals surface area contributed by atoms with Gasteiger partial charge in [0.25, 0.3) is 0 Å². The summed E-state index contributed by atoms with van der Waals surface area (Å²) < 4.78 is 16.1. The molecule has 0 aliphatic heterocycles. The second-order valence-electron chi connectivity index (χ2n) is 4.90. The number of hydrogen-bond acceptors (Lipinski definition) is 4. The molecule has 1 rings (SSSR count). The van der Waals surface area contributed by atoms with Gasteiger partial charge in [-0.15, -0.1) is 0 Å². The lowest BCUT2D eigenvalue weighted by atomic mass is 10.1. The first-order chi connectivity index (χ1) is 9.35. The zero-order valence-corrected chi connectivity index (χ0v) is 12.6. The van der Waals surface area contributed by atoms with Gasteiger partial charge in [0.1, 0.15) is 17.2 Å². The van der Waals surface area contributed by atoms with Crippen LogP contribution in [0.25, 0.3) is 0 Å². The van der Waals surface area contributed by atoms with E-state index in [1.165, 1.54) is 12.1 Å². The van der Waals surface area contributed by atoms with Crippen LogP contribution in [0.5, 0.6) is 11.5 Å². The highest BCUT2D eigenvalue weighted by atomic mass is 16.5. The lowest BCUT2D eigenvalue weighted by Crippen LogP contribution is -2.12. The van der Waals surface area contributed by atoms with Crippen molar-refractivity contribution in [3.63, 3.8) is 0 Å². The molecule has 0 spiro atoms. The summed E-state index contributed by atoms with van der Waals surface area (Å²) in [7, 11) is 0. The van der Waals surface area contributed by atoms with Gasteiger partial charge in [0.2, 0.25) is 0 Å². The van der Waals surface area contributed by atoms with Crippen LogP contribution < -0.4 is 15.2 Å². The molecule has 5 heteroatoms. The maximum absolute atomic E-state index is 11.8. The molecule has 0 saturated carbocycles. The number of carbonyl (C=O) groups excluding carboxylic acids is 1. The molecule has 0 atom stereocenters. The van der Waals surface area contributed by atoms with Gasteiger partial charge in [0.15, 0.2) is 0 Å². The van der Waals surface area contributed by atoms with Gasteiger partial charge in [-0.05, 0) is 46.8 Å². The third kappa shape index (κ3) is 4.33. The summed E-state index contributed by atoms with van der Waals surface area (Å²) >= 11 is 0. The van der Waals surface area contributed by atoms with Gasteiger partial charge in [0, 0.05) is 0 Å². The van der Waals surface area contributed by atoms with Crippen LogP contribution in [0.2, 0.25) is 0 Å². The smallest absolute Gasteiger partial charge is 0.338 e. The molecule has 0 unspecified atom stereocenters. The molecule has 5 nitrogen and oxygen atoms in total. The van der Waals surface area contributed by atoms with Crippen LogP contribution in [0.15, 0.2) is 12.1 Å². The quantitative estimate of drug-likeness (QED) is 0.749. The molecule has 0 fully saturated rings. The van der Waals surface area contributed by atoms with Crippen molar-refractivity contribution in [1.29, 1.82) is 0 Å². The monoisotopic (exact) mass is 280 g/mol. The van der Waals surface area contributed by atoms with E-state index in [2.05, 4.69) is 0 Å². The molecule has 0 aliphatic carbocycles. The average Bonchev–Trinajstić information content (AvgIpc) is 2.33. The maximum Gasteiger partial charge on any atom is 0.338 e. The van der Waals surface area contributed by atoms with E-state index in [4.69, 9.17) is 19.9 Å². The van der Waals surface area contributed by atoms with E-state index in [9.17, 15) is 4.79 Å². The number of carbonyl (C=O) groups is 1. The minimum absolute atomic E-state index is 0.0940. The average molecular weight is 280 g/mol. The van der Waals surface area contributed by atoms with E-state index in [0.29, 0.717) is 23.7 Å². The number of ether oxygens (including phenoxy) is 3. The Balaban J connectivity index is 3.21. The number of rotatable bonds is 6. The fourth-order valence-electron chi connectivity index (χ4n) is 1.62. The third-order valence-corrected chi connectivity index (χ3v) is 2.30. The molecule has 0 heterocycles. The first kappa shape index (κ1) is 16.1. The van der Waals surface area contributed by atoms with Crippen LogP contribution in [-0.2, 0) is 4.74 Å². The molecule has 1 aromatic carbocycles. The highest BCUT2D eigenvalue weighted by Gasteiger charge is 2.18. The van der Waals surface area contributed by atoms with Crippen molar-refractivity contribution < 1.29 is 19.0 Å². The number of hydrogen-bond donors (Lipinski definition) is 0. The molecule has 1 N–H and O–H groups in total. The van der Waals surface area contributed by atoms with Crippen LogP contribution in [-0.4, -0.2) is 24.8 Å². The number of esters is 1. The van der Waals surface area contributed by atoms with Crippen molar-refractivity contribution in [3.05, 3.63) is 17.7 Å². The summed E-state index contributed by atoms with van der Waals surface area (Å²) in [5, 5.41) is 0. The fourth-order valence-corrected chi connectivity index (χ4v) is 1.62. The van der Waals surface area contributed by atoms with Crippen LogP contribution >= 0.6 is 0 Å². The van der Waals surface area contributed by atoms with Gasteiger partial charge >= 0.3 is 5.97 Å². The van der Waals surface area contributed by atoms with Gasteiger partial charge in [0.05, 0.1) is 24.4 Å². The van der Waals surface area contributed by atoms with Gasteiger partial charge in [-0.2, -0.15) is 0 Å². The van der Waals surface area contributed by atoms with Crippen molar-refractivity contribution >= 4 is 11.7 Å². The maximum atomic E-state index is 11.8. The zero-order valence-electron chi connectivity index (χ0n) is 12.6. The summed E-state index contributed by atoms with van der Waals surface area (Å²) in [6.07, 6.45) is -0.188. The van der Waals surface area contributed by atoms with Crippen molar-refractivity contribution in [2.45, 2.75) is 46.8 Å². The Kier molecular flexibility index (Phi) is 5.67. The first-order valence-electron chi connectivity index (χ1n) is 6.75. The second-order valence-corrected chi connectivity index (χ2v) is 4.90. The van der Waals surface area contributed by atoms with Crippen LogP contribution in [0.3, 0.4) is 0 Å². The van der Waals surface area contributed by atoms with Gasteiger partial charge in [-0.25, -0.2) is 4.79 Å². The predicted octanol–water partition coefficient (Wildman–Crippen LogP) is 3.35. The van der Waals surface area contributed by atoms with Crippen LogP contribution in [0.4, 0.5) is 5.69 Å². The van der Waals surface area contributed by atoms with Gasteiger partial charge in [-0.1, -0.05) is 0 Å². The highest BCUT2D eigenvalue weighted by molar-refractivity contribution is 5.91. The molecule has 0 aromatic heterocycles. The van der Waals surface area contributed by atoms with E-state index in [1.54, 1.807) is 6.92 Å². The fraction of sp³-hybridized carbons (Fsp3) is 0.533.